The Morgan fingerprint density at radius 1 is 1.33 bits per heavy atom. The van der Waals surface area contributed by atoms with E-state index in [0.717, 1.165) is 23.7 Å². The maximum atomic E-state index is 10.9. The first-order chi connectivity index (χ1) is 10.0. The van der Waals surface area contributed by atoms with Gasteiger partial charge in [0.1, 0.15) is 11.9 Å². The minimum absolute atomic E-state index is 0.0487. The van der Waals surface area contributed by atoms with Crippen molar-refractivity contribution in [3.8, 4) is 5.75 Å². The lowest BCUT2D eigenvalue weighted by Gasteiger charge is -2.55. The van der Waals surface area contributed by atoms with Crippen LogP contribution < -0.4 is 4.74 Å². The average Bonchev–Trinajstić information content (AvgIpc) is 2.49. The molecule has 21 heavy (non-hydrogen) atoms. The number of rotatable bonds is 3. The number of alkyl halides is 1. The number of hydrogen-bond donors (Lipinski definition) is 0. The molecule has 3 rings (SSSR count). The molecular formula is C15H17BrClNO3. The van der Waals surface area contributed by atoms with E-state index in [1.54, 1.807) is 6.07 Å². The van der Waals surface area contributed by atoms with Crippen molar-refractivity contribution < 1.29 is 9.66 Å². The maximum Gasteiger partial charge on any atom is 0.273 e. The van der Waals surface area contributed by atoms with E-state index in [1.165, 1.54) is 31.4 Å². The van der Waals surface area contributed by atoms with Gasteiger partial charge in [-0.2, -0.15) is 0 Å². The Balaban J connectivity index is 1.80. The number of nitrogens with zero attached hydrogens (tertiary/aromatic N) is 1. The fraction of sp³-hybridized carbons (Fsp3) is 0.600. The van der Waals surface area contributed by atoms with Gasteiger partial charge in [-0.1, -0.05) is 19.3 Å². The van der Waals surface area contributed by atoms with Crippen LogP contribution in [0.2, 0.25) is 0 Å². The van der Waals surface area contributed by atoms with Crippen molar-refractivity contribution in [2.75, 3.05) is 0 Å². The largest absolute Gasteiger partial charge is 0.488 e. The molecule has 0 aliphatic heterocycles. The van der Waals surface area contributed by atoms with E-state index in [9.17, 15) is 10.1 Å². The van der Waals surface area contributed by atoms with Crippen LogP contribution >= 0.6 is 27.5 Å². The van der Waals surface area contributed by atoms with Crippen molar-refractivity contribution in [2.45, 2.75) is 50.0 Å². The van der Waals surface area contributed by atoms with Crippen molar-refractivity contribution in [1.29, 1.82) is 0 Å². The van der Waals surface area contributed by atoms with Crippen molar-refractivity contribution in [3.63, 3.8) is 0 Å². The molecule has 2 saturated carbocycles. The summed E-state index contributed by atoms with van der Waals surface area (Å²) in [5.41, 5.74) is 0.108. The molecular weight excluding hydrogens is 358 g/mol. The third kappa shape index (κ3) is 2.66. The van der Waals surface area contributed by atoms with Gasteiger partial charge in [0.05, 0.1) is 15.5 Å². The molecule has 0 aromatic heterocycles. The van der Waals surface area contributed by atoms with E-state index >= 15 is 0 Å². The first-order valence-corrected chi connectivity index (χ1v) is 8.50. The van der Waals surface area contributed by atoms with E-state index in [2.05, 4.69) is 15.9 Å². The fourth-order valence-electron chi connectivity index (χ4n) is 3.56. The molecule has 2 atom stereocenters. The Bertz CT molecular complexity index is 560. The third-order valence-electron chi connectivity index (χ3n) is 4.87. The molecule has 0 heterocycles. The summed E-state index contributed by atoms with van der Waals surface area (Å²) in [6.07, 6.45) is 6.73. The molecule has 1 aromatic rings. The van der Waals surface area contributed by atoms with Gasteiger partial charge in [0.2, 0.25) is 0 Å². The minimum Gasteiger partial charge on any atom is -0.488 e. The zero-order valence-electron chi connectivity index (χ0n) is 11.6. The number of hydrogen-bond acceptors (Lipinski definition) is 3. The minimum atomic E-state index is -0.402. The van der Waals surface area contributed by atoms with Gasteiger partial charge >= 0.3 is 0 Å². The van der Waals surface area contributed by atoms with E-state index in [-0.39, 0.29) is 22.6 Å². The second-order valence-corrected chi connectivity index (χ2v) is 7.36. The molecule has 0 saturated heterocycles. The number of benzene rings is 1. The van der Waals surface area contributed by atoms with E-state index in [4.69, 9.17) is 16.3 Å². The summed E-state index contributed by atoms with van der Waals surface area (Å²) in [5, 5.41) is 11.1. The summed E-state index contributed by atoms with van der Waals surface area (Å²) in [6, 6.07) is 4.62. The standard InChI is InChI=1S/C15H17BrClNO3/c16-11-5-4-10(18(19)20)8-12(11)21-14-9-13(17)15(14)6-2-1-3-7-15/h4-5,8,13-14H,1-3,6-7,9H2. The summed E-state index contributed by atoms with van der Waals surface area (Å²) in [4.78, 5) is 10.5. The molecule has 2 fully saturated rings. The van der Waals surface area contributed by atoms with Crippen LogP contribution in [0, 0.1) is 15.5 Å². The quantitative estimate of drug-likeness (QED) is 0.422. The summed E-state index contributed by atoms with van der Waals surface area (Å²) in [5.74, 6) is 0.544. The van der Waals surface area contributed by atoms with Gasteiger partial charge in [-0.3, -0.25) is 10.1 Å². The Kier molecular flexibility index (Phi) is 4.14. The number of nitro groups is 1. The first kappa shape index (κ1) is 15.1. The summed E-state index contributed by atoms with van der Waals surface area (Å²) in [7, 11) is 0. The van der Waals surface area contributed by atoms with Gasteiger partial charge in [-0.05, 0) is 34.8 Å². The van der Waals surface area contributed by atoms with Crippen LogP contribution in [0.1, 0.15) is 38.5 Å². The van der Waals surface area contributed by atoms with Gasteiger partial charge in [0, 0.05) is 23.3 Å². The maximum absolute atomic E-state index is 10.9. The lowest BCUT2D eigenvalue weighted by atomic mass is 9.58. The van der Waals surface area contributed by atoms with Crippen LogP contribution in [0.4, 0.5) is 5.69 Å². The second kappa shape index (κ2) is 5.76. The lowest BCUT2D eigenvalue weighted by Crippen LogP contribution is -2.58. The highest BCUT2D eigenvalue weighted by molar-refractivity contribution is 9.10. The van der Waals surface area contributed by atoms with Crippen LogP contribution in [-0.4, -0.2) is 16.4 Å². The smallest absolute Gasteiger partial charge is 0.273 e. The number of nitro benzene ring substituents is 1. The lowest BCUT2D eigenvalue weighted by molar-refractivity contribution is -0.385. The number of non-ortho nitro benzene ring substituents is 1. The predicted molar refractivity (Wildman–Crippen MR) is 85.0 cm³/mol. The van der Waals surface area contributed by atoms with Gasteiger partial charge in [0.15, 0.2) is 0 Å². The van der Waals surface area contributed by atoms with Crippen LogP contribution in [0.3, 0.4) is 0 Å². The van der Waals surface area contributed by atoms with Crippen molar-refractivity contribution >= 4 is 33.2 Å². The van der Waals surface area contributed by atoms with Crippen molar-refractivity contribution in [2.24, 2.45) is 5.41 Å². The van der Waals surface area contributed by atoms with Crippen LogP contribution in [-0.2, 0) is 0 Å². The zero-order chi connectivity index (χ0) is 15.0. The second-order valence-electron chi connectivity index (χ2n) is 5.98. The molecule has 0 N–H and O–H groups in total. The molecule has 2 unspecified atom stereocenters. The molecule has 2 aliphatic carbocycles. The Morgan fingerprint density at radius 2 is 2.05 bits per heavy atom. The SMILES string of the molecule is O=[N+]([O-])c1ccc(Br)c(OC2CC(Cl)C23CCCCC3)c1. The molecule has 0 radical (unpaired) electrons. The topological polar surface area (TPSA) is 52.4 Å². The normalized spacial score (nSPS) is 27.1. The van der Waals surface area contributed by atoms with Crippen LogP contribution in [0.15, 0.2) is 22.7 Å². The molecule has 4 nitrogen and oxygen atoms in total. The van der Waals surface area contributed by atoms with Gasteiger partial charge in [0.25, 0.3) is 5.69 Å². The molecule has 1 aromatic carbocycles. The van der Waals surface area contributed by atoms with Gasteiger partial charge < -0.3 is 4.74 Å². The fourth-order valence-corrected chi connectivity index (χ4v) is 4.42. The van der Waals surface area contributed by atoms with E-state index < -0.39 is 4.92 Å². The number of halogens is 2. The Hall–Kier alpha value is -0.810. The first-order valence-electron chi connectivity index (χ1n) is 7.27. The molecule has 114 valence electrons. The average molecular weight is 375 g/mol. The Labute approximate surface area is 137 Å². The predicted octanol–water partition coefficient (Wildman–Crippen LogP) is 5.07. The summed E-state index contributed by atoms with van der Waals surface area (Å²) < 4.78 is 6.85. The molecule has 2 aliphatic rings. The van der Waals surface area contributed by atoms with Crippen LogP contribution in [0.25, 0.3) is 0 Å². The monoisotopic (exact) mass is 373 g/mol. The van der Waals surface area contributed by atoms with Crippen molar-refractivity contribution in [3.05, 3.63) is 32.8 Å². The summed E-state index contributed by atoms with van der Waals surface area (Å²) >= 11 is 9.88. The molecule has 6 heteroatoms. The molecule has 0 bridgehead atoms. The highest BCUT2D eigenvalue weighted by atomic mass is 79.9. The molecule has 1 spiro atoms. The number of ether oxygens (including phenoxy) is 1. The van der Waals surface area contributed by atoms with Crippen molar-refractivity contribution in [1.82, 2.24) is 0 Å². The van der Waals surface area contributed by atoms with Gasteiger partial charge in [-0.25, -0.2) is 0 Å². The molecule has 0 amide bonds. The zero-order valence-corrected chi connectivity index (χ0v) is 13.9. The highest BCUT2D eigenvalue weighted by Crippen LogP contribution is 2.56. The van der Waals surface area contributed by atoms with E-state index in [0.29, 0.717) is 5.75 Å². The van der Waals surface area contributed by atoms with Crippen LogP contribution in [0.5, 0.6) is 5.75 Å². The van der Waals surface area contributed by atoms with E-state index in [1.807, 2.05) is 0 Å². The third-order valence-corrected chi connectivity index (χ3v) is 6.13. The highest BCUT2D eigenvalue weighted by Gasteiger charge is 2.56. The summed E-state index contributed by atoms with van der Waals surface area (Å²) in [6.45, 7) is 0. The van der Waals surface area contributed by atoms with Gasteiger partial charge in [-0.15, -0.1) is 11.6 Å². The Morgan fingerprint density at radius 3 is 2.67 bits per heavy atom.